The van der Waals surface area contributed by atoms with Crippen molar-refractivity contribution in [2.45, 2.75) is 31.1 Å². The summed E-state index contributed by atoms with van der Waals surface area (Å²) in [6, 6.07) is 10.4. The predicted octanol–water partition coefficient (Wildman–Crippen LogP) is 1.61. The van der Waals surface area contributed by atoms with E-state index in [1.807, 2.05) is 18.2 Å². The topological polar surface area (TPSA) is 49.3 Å². The number of hydrogen-bond acceptors (Lipinski definition) is 2. The number of carbonyl (C=O) groups is 1. The van der Waals surface area contributed by atoms with Crippen molar-refractivity contribution < 1.29 is 9.90 Å². The lowest BCUT2D eigenvalue weighted by molar-refractivity contribution is -0.124. The van der Waals surface area contributed by atoms with Gasteiger partial charge in [0.1, 0.15) is 6.61 Å². The summed E-state index contributed by atoms with van der Waals surface area (Å²) in [5.74, 6) is -0.285. The van der Waals surface area contributed by atoms with E-state index in [0.717, 1.165) is 12.8 Å². The second-order valence-electron chi connectivity index (χ2n) is 4.79. The Kier molecular flexibility index (Phi) is 3.79. The largest absolute Gasteiger partial charge is 0.387 e. The van der Waals surface area contributed by atoms with Crippen LogP contribution < -0.4 is 5.32 Å². The van der Waals surface area contributed by atoms with Crippen LogP contribution in [0, 0.1) is 0 Å². The second kappa shape index (κ2) is 5.32. The molecule has 1 amide bonds. The zero-order valence-electron chi connectivity index (χ0n) is 9.98. The Labute approximate surface area is 102 Å². The molecule has 0 atom stereocenters. The van der Waals surface area contributed by atoms with E-state index in [4.69, 9.17) is 5.11 Å². The lowest BCUT2D eigenvalue weighted by Crippen LogP contribution is -2.40. The maximum absolute atomic E-state index is 11.2. The normalized spacial score (nSPS) is 17.9. The summed E-state index contributed by atoms with van der Waals surface area (Å²) in [6.07, 6.45) is 4.65. The quantitative estimate of drug-likeness (QED) is 0.830. The third-order valence-corrected chi connectivity index (χ3v) is 3.71. The number of aliphatic hydroxyl groups is 1. The standard InChI is InChI=1S/C14H19NO2/c16-10-13(17)15-11-14(8-4-5-9-14)12-6-2-1-3-7-12/h1-3,6-7,16H,4-5,8-11H2,(H,15,17). The zero-order chi connectivity index (χ0) is 12.1. The minimum Gasteiger partial charge on any atom is -0.387 e. The monoisotopic (exact) mass is 233 g/mol. The first-order chi connectivity index (χ1) is 8.27. The Hall–Kier alpha value is -1.35. The van der Waals surface area contributed by atoms with Gasteiger partial charge < -0.3 is 10.4 Å². The molecule has 0 aliphatic heterocycles. The van der Waals surface area contributed by atoms with Gasteiger partial charge >= 0.3 is 0 Å². The lowest BCUT2D eigenvalue weighted by atomic mass is 9.79. The first-order valence-electron chi connectivity index (χ1n) is 6.20. The van der Waals surface area contributed by atoms with Crippen LogP contribution >= 0.6 is 0 Å². The average molecular weight is 233 g/mol. The Bertz CT molecular complexity index is 369. The van der Waals surface area contributed by atoms with Gasteiger partial charge in [-0.2, -0.15) is 0 Å². The predicted molar refractivity (Wildman–Crippen MR) is 66.7 cm³/mol. The Morgan fingerprint density at radius 1 is 1.24 bits per heavy atom. The molecule has 0 saturated heterocycles. The van der Waals surface area contributed by atoms with E-state index >= 15 is 0 Å². The highest BCUT2D eigenvalue weighted by Crippen LogP contribution is 2.40. The van der Waals surface area contributed by atoms with Crippen molar-refractivity contribution in [1.82, 2.24) is 5.32 Å². The summed E-state index contributed by atoms with van der Waals surface area (Å²) in [5.41, 5.74) is 1.38. The van der Waals surface area contributed by atoms with Gasteiger partial charge in [0.25, 0.3) is 0 Å². The Morgan fingerprint density at radius 2 is 1.88 bits per heavy atom. The van der Waals surface area contributed by atoms with Crippen molar-refractivity contribution in [2.24, 2.45) is 0 Å². The number of benzene rings is 1. The average Bonchev–Trinajstić information content (AvgIpc) is 2.87. The Morgan fingerprint density at radius 3 is 2.47 bits per heavy atom. The third kappa shape index (κ3) is 2.67. The van der Waals surface area contributed by atoms with E-state index in [9.17, 15) is 4.79 Å². The van der Waals surface area contributed by atoms with E-state index in [-0.39, 0.29) is 11.3 Å². The molecule has 2 N–H and O–H groups in total. The Balaban J connectivity index is 2.13. The molecule has 0 heterocycles. The molecule has 1 aromatic rings. The van der Waals surface area contributed by atoms with Gasteiger partial charge in [-0.15, -0.1) is 0 Å². The van der Waals surface area contributed by atoms with E-state index in [1.165, 1.54) is 18.4 Å². The molecule has 1 aliphatic carbocycles. The van der Waals surface area contributed by atoms with Crippen LogP contribution in [0.5, 0.6) is 0 Å². The molecule has 0 radical (unpaired) electrons. The maximum atomic E-state index is 11.2. The van der Waals surface area contributed by atoms with Gasteiger partial charge in [0.05, 0.1) is 0 Å². The summed E-state index contributed by atoms with van der Waals surface area (Å²) < 4.78 is 0. The molecular formula is C14H19NO2. The van der Waals surface area contributed by atoms with Crippen LogP contribution in [-0.2, 0) is 10.2 Å². The SMILES string of the molecule is O=C(CO)NCC1(c2ccccc2)CCCC1. The first-order valence-corrected chi connectivity index (χ1v) is 6.20. The van der Waals surface area contributed by atoms with Crippen molar-refractivity contribution in [3.05, 3.63) is 35.9 Å². The van der Waals surface area contributed by atoms with E-state index in [0.29, 0.717) is 6.54 Å². The van der Waals surface area contributed by atoms with E-state index < -0.39 is 6.61 Å². The van der Waals surface area contributed by atoms with Crippen molar-refractivity contribution in [1.29, 1.82) is 0 Å². The zero-order valence-corrected chi connectivity index (χ0v) is 9.98. The second-order valence-corrected chi connectivity index (χ2v) is 4.79. The lowest BCUT2D eigenvalue weighted by Gasteiger charge is -2.29. The summed E-state index contributed by atoms with van der Waals surface area (Å²) in [6.45, 7) is 0.210. The van der Waals surface area contributed by atoms with Gasteiger partial charge in [0.15, 0.2) is 0 Å². The van der Waals surface area contributed by atoms with Gasteiger partial charge in [0.2, 0.25) is 5.91 Å². The minimum atomic E-state index is -0.426. The molecule has 3 nitrogen and oxygen atoms in total. The van der Waals surface area contributed by atoms with Crippen LogP contribution in [0.3, 0.4) is 0 Å². The summed E-state index contributed by atoms with van der Waals surface area (Å²) >= 11 is 0. The van der Waals surface area contributed by atoms with Crippen LogP contribution in [0.25, 0.3) is 0 Å². The van der Waals surface area contributed by atoms with Crippen LogP contribution in [0.1, 0.15) is 31.2 Å². The maximum Gasteiger partial charge on any atom is 0.245 e. The van der Waals surface area contributed by atoms with E-state index in [1.54, 1.807) is 0 Å². The highest BCUT2D eigenvalue weighted by molar-refractivity contribution is 5.77. The van der Waals surface area contributed by atoms with Crippen molar-refractivity contribution >= 4 is 5.91 Å². The fraction of sp³-hybridized carbons (Fsp3) is 0.500. The molecular weight excluding hydrogens is 214 g/mol. The van der Waals surface area contributed by atoms with E-state index in [2.05, 4.69) is 17.4 Å². The first kappa shape index (κ1) is 12.1. The molecule has 2 rings (SSSR count). The van der Waals surface area contributed by atoms with Crippen molar-refractivity contribution in [3.8, 4) is 0 Å². The molecule has 0 spiro atoms. The molecule has 92 valence electrons. The van der Waals surface area contributed by atoms with Gasteiger partial charge in [-0.3, -0.25) is 4.79 Å². The summed E-state index contributed by atoms with van der Waals surface area (Å²) in [5, 5.41) is 11.6. The molecule has 3 heteroatoms. The number of aliphatic hydroxyl groups excluding tert-OH is 1. The van der Waals surface area contributed by atoms with Crippen molar-refractivity contribution in [3.63, 3.8) is 0 Å². The fourth-order valence-corrected chi connectivity index (χ4v) is 2.73. The van der Waals surface area contributed by atoms with Gasteiger partial charge in [0, 0.05) is 12.0 Å². The molecule has 1 saturated carbocycles. The number of nitrogens with one attached hydrogen (secondary N) is 1. The highest BCUT2D eigenvalue weighted by Gasteiger charge is 2.35. The van der Waals surface area contributed by atoms with Gasteiger partial charge in [-0.1, -0.05) is 43.2 Å². The third-order valence-electron chi connectivity index (χ3n) is 3.71. The number of amides is 1. The molecule has 17 heavy (non-hydrogen) atoms. The number of hydrogen-bond donors (Lipinski definition) is 2. The van der Waals surface area contributed by atoms with Gasteiger partial charge in [-0.05, 0) is 18.4 Å². The summed E-state index contributed by atoms with van der Waals surface area (Å²) in [7, 11) is 0. The minimum absolute atomic E-state index is 0.0755. The van der Waals surface area contributed by atoms with Crippen LogP contribution in [-0.4, -0.2) is 24.2 Å². The number of rotatable bonds is 4. The molecule has 1 aliphatic rings. The van der Waals surface area contributed by atoms with Crippen LogP contribution in [0.15, 0.2) is 30.3 Å². The molecule has 1 fully saturated rings. The van der Waals surface area contributed by atoms with Crippen LogP contribution in [0.2, 0.25) is 0 Å². The summed E-state index contributed by atoms with van der Waals surface area (Å²) in [4.78, 5) is 11.2. The molecule has 0 bridgehead atoms. The molecule has 1 aromatic carbocycles. The molecule has 0 unspecified atom stereocenters. The van der Waals surface area contributed by atoms with Crippen molar-refractivity contribution in [2.75, 3.05) is 13.2 Å². The number of carbonyl (C=O) groups excluding carboxylic acids is 1. The fourth-order valence-electron chi connectivity index (χ4n) is 2.73. The molecule has 0 aromatic heterocycles. The van der Waals surface area contributed by atoms with Gasteiger partial charge in [-0.25, -0.2) is 0 Å². The highest BCUT2D eigenvalue weighted by atomic mass is 16.3. The van der Waals surface area contributed by atoms with Crippen LogP contribution in [0.4, 0.5) is 0 Å². The smallest absolute Gasteiger partial charge is 0.245 e.